The second kappa shape index (κ2) is 6.89. The molecule has 2 aliphatic heterocycles. The van der Waals surface area contributed by atoms with Crippen LogP contribution in [0.1, 0.15) is 5.56 Å². The zero-order valence-corrected chi connectivity index (χ0v) is 15.5. The van der Waals surface area contributed by atoms with E-state index < -0.39 is 0 Å². The molecule has 3 heterocycles. The number of para-hydroxylation sites is 2. The molecule has 0 spiro atoms. The standard InChI is InChI=1S/C22H21N3O3/c26-21-19(15-5-1-3-7-17(15)23-21)20-16-6-2-4-8-18(16)25(22(20)27)10-9-24-11-13-28-14-12-24/h1-8,27H,9-14H2. The molecule has 5 rings (SSSR count). The lowest BCUT2D eigenvalue weighted by atomic mass is 10.0. The summed E-state index contributed by atoms with van der Waals surface area (Å²) in [4.78, 5) is 19.2. The number of amides is 1. The minimum absolute atomic E-state index is 0.129. The number of carbonyl (C=O) groups excluding carboxylic acids is 1. The number of hydrogen-bond donors (Lipinski definition) is 1. The third kappa shape index (κ3) is 2.73. The van der Waals surface area contributed by atoms with Gasteiger partial charge in [-0.25, -0.2) is 4.99 Å². The Balaban J connectivity index is 1.64. The summed E-state index contributed by atoms with van der Waals surface area (Å²) in [5.74, 6) is -0.169. The van der Waals surface area contributed by atoms with Gasteiger partial charge in [-0.3, -0.25) is 9.69 Å². The predicted molar refractivity (Wildman–Crippen MR) is 106 cm³/mol. The number of morpholine rings is 1. The van der Waals surface area contributed by atoms with Crippen molar-refractivity contribution >= 4 is 22.4 Å². The maximum atomic E-state index is 12.7. The summed E-state index contributed by atoms with van der Waals surface area (Å²) in [6.07, 6.45) is 0. The molecule has 1 fully saturated rings. The van der Waals surface area contributed by atoms with E-state index in [1.165, 1.54) is 0 Å². The van der Waals surface area contributed by atoms with Crippen molar-refractivity contribution in [3.63, 3.8) is 0 Å². The van der Waals surface area contributed by atoms with E-state index in [-0.39, 0.29) is 11.8 Å². The third-order valence-corrected chi connectivity index (χ3v) is 5.55. The second-order valence-electron chi connectivity index (χ2n) is 7.13. The van der Waals surface area contributed by atoms with Crippen molar-refractivity contribution in [3.8, 4) is 5.88 Å². The van der Waals surface area contributed by atoms with Gasteiger partial charge in [-0.15, -0.1) is 0 Å². The summed E-state index contributed by atoms with van der Waals surface area (Å²) in [6.45, 7) is 4.75. The van der Waals surface area contributed by atoms with Crippen LogP contribution in [0.2, 0.25) is 0 Å². The van der Waals surface area contributed by atoms with Gasteiger partial charge in [0.15, 0.2) is 5.88 Å². The average Bonchev–Trinajstić information content (AvgIpc) is 3.19. The van der Waals surface area contributed by atoms with Crippen LogP contribution in [0.3, 0.4) is 0 Å². The lowest BCUT2D eigenvalue weighted by molar-refractivity contribution is -0.112. The Morgan fingerprint density at radius 2 is 1.75 bits per heavy atom. The van der Waals surface area contributed by atoms with Crippen molar-refractivity contribution in [2.75, 3.05) is 32.8 Å². The molecule has 0 aliphatic carbocycles. The number of benzene rings is 2. The van der Waals surface area contributed by atoms with Gasteiger partial charge in [0, 0.05) is 36.8 Å². The molecule has 0 atom stereocenters. The monoisotopic (exact) mass is 375 g/mol. The van der Waals surface area contributed by atoms with Gasteiger partial charge in [0.1, 0.15) is 0 Å². The molecule has 0 bridgehead atoms. The third-order valence-electron chi connectivity index (χ3n) is 5.55. The largest absolute Gasteiger partial charge is 0.494 e. The zero-order chi connectivity index (χ0) is 19.1. The van der Waals surface area contributed by atoms with E-state index >= 15 is 0 Å². The van der Waals surface area contributed by atoms with E-state index in [2.05, 4.69) is 9.89 Å². The number of ether oxygens (including phenoxy) is 1. The molecule has 0 unspecified atom stereocenters. The van der Waals surface area contributed by atoms with Crippen LogP contribution in [0.15, 0.2) is 53.5 Å². The van der Waals surface area contributed by atoms with Gasteiger partial charge in [-0.1, -0.05) is 36.4 Å². The van der Waals surface area contributed by atoms with Crippen LogP contribution in [0, 0.1) is 0 Å². The fraction of sp³-hybridized carbons (Fsp3) is 0.273. The van der Waals surface area contributed by atoms with Crippen LogP contribution in [0.5, 0.6) is 5.88 Å². The number of aromatic hydroxyl groups is 1. The number of hydrogen-bond acceptors (Lipinski definition) is 4. The highest BCUT2D eigenvalue weighted by Crippen LogP contribution is 2.36. The molecule has 1 amide bonds. The summed E-state index contributed by atoms with van der Waals surface area (Å²) in [5.41, 5.74) is 1.98. The molecule has 142 valence electrons. The fourth-order valence-electron chi connectivity index (χ4n) is 4.13. The van der Waals surface area contributed by atoms with Crippen LogP contribution >= 0.6 is 0 Å². The molecule has 3 aromatic rings. The van der Waals surface area contributed by atoms with Gasteiger partial charge in [0.25, 0.3) is 5.91 Å². The quantitative estimate of drug-likeness (QED) is 0.740. The number of nitrogens with zero attached hydrogens (tertiary/aromatic N) is 3. The lowest BCUT2D eigenvalue weighted by Crippen LogP contribution is -2.38. The summed E-state index contributed by atoms with van der Waals surface area (Å²) < 4.78 is 7.32. The highest BCUT2D eigenvalue weighted by atomic mass is 16.5. The van der Waals surface area contributed by atoms with Gasteiger partial charge >= 0.3 is 0 Å². The molecule has 2 aromatic carbocycles. The zero-order valence-electron chi connectivity index (χ0n) is 15.5. The molecule has 6 nitrogen and oxygen atoms in total. The molecule has 28 heavy (non-hydrogen) atoms. The first-order valence-electron chi connectivity index (χ1n) is 9.57. The van der Waals surface area contributed by atoms with Crippen molar-refractivity contribution in [2.24, 2.45) is 4.99 Å². The van der Waals surface area contributed by atoms with E-state index in [0.717, 1.165) is 49.0 Å². The first-order valence-corrected chi connectivity index (χ1v) is 9.57. The van der Waals surface area contributed by atoms with Gasteiger partial charge in [-0.2, -0.15) is 0 Å². The molecule has 0 radical (unpaired) electrons. The number of carbonyl (C=O) groups is 1. The van der Waals surface area contributed by atoms with E-state index in [1.807, 2.05) is 53.1 Å². The highest BCUT2D eigenvalue weighted by molar-refractivity contribution is 6.24. The summed E-state index contributed by atoms with van der Waals surface area (Å²) in [7, 11) is 0. The average molecular weight is 375 g/mol. The van der Waals surface area contributed by atoms with Crippen LogP contribution in [-0.4, -0.2) is 53.3 Å². The molecule has 1 N–H and O–H groups in total. The molecule has 1 saturated heterocycles. The Bertz CT molecular complexity index is 1190. The SMILES string of the molecule is O=C1N=c2ccccc2=C1c1c(O)n(CCN2CCOCC2)c2ccccc12. The normalized spacial score (nSPS) is 17.1. The van der Waals surface area contributed by atoms with E-state index in [4.69, 9.17) is 4.74 Å². The lowest BCUT2D eigenvalue weighted by Gasteiger charge is -2.26. The second-order valence-corrected chi connectivity index (χ2v) is 7.13. The van der Waals surface area contributed by atoms with E-state index in [0.29, 0.717) is 23.0 Å². The van der Waals surface area contributed by atoms with Gasteiger partial charge in [0.2, 0.25) is 0 Å². The molecular formula is C22H21N3O3. The van der Waals surface area contributed by atoms with Gasteiger partial charge < -0.3 is 14.4 Å². The number of fused-ring (bicyclic) bond motifs is 2. The highest BCUT2D eigenvalue weighted by Gasteiger charge is 2.27. The number of rotatable bonds is 4. The first kappa shape index (κ1) is 17.2. The molecule has 0 saturated carbocycles. The maximum Gasteiger partial charge on any atom is 0.279 e. The van der Waals surface area contributed by atoms with E-state index in [9.17, 15) is 9.90 Å². The summed E-state index contributed by atoms with van der Waals surface area (Å²) in [6, 6.07) is 15.3. The Morgan fingerprint density at radius 3 is 2.61 bits per heavy atom. The Morgan fingerprint density at radius 1 is 1.00 bits per heavy atom. The van der Waals surface area contributed by atoms with Crippen molar-refractivity contribution in [2.45, 2.75) is 6.54 Å². The topological polar surface area (TPSA) is 67.1 Å². The Labute approximate surface area is 162 Å². The molecule has 2 aliphatic rings. The van der Waals surface area contributed by atoms with E-state index in [1.54, 1.807) is 0 Å². The Kier molecular flexibility index (Phi) is 4.22. The molecule has 1 aromatic heterocycles. The van der Waals surface area contributed by atoms with Crippen LogP contribution in [0.4, 0.5) is 0 Å². The van der Waals surface area contributed by atoms with Gasteiger partial charge in [-0.05, 0) is 12.1 Å². The van der Waals surface area contributed by atoms with Crippen molar-refractivity contribution in [1.82, 2.24) is 9.47 Å². The molecule has 6 heteroatoms. The first-order chi connectivity index (χ1) is 13.7. The predicted octanol–water partition coefficient (Wildman–Crippen LogP) is 1.04. The smallest absolute Gasteiger partial charge is 0.279 e. The Hall–Kier alpha value is -2.96. The van der Waals surface area contributed by atoms with Crippen LogP contribution < -0.4 is 10.6 Å². The van der Waals surface area contributed by atoms with Gasteiger partial charge in [0.05, 0.1) is 35.2 Å². The fourth-order valence-corrected chi connectivity index (χ4v) is 4.13. The molecular weight excluding hydrogens is 354 g/mol. The minimum Gasteiger partial charge on any atom is -0.494 e. The minimum atomic E-state index is -0.299. The van der Waals surface area contributed by atoms with Crippen molar-refractivity contribution < 1.29 is 14.6 Å². The van der Waals surface area contributed by atoms with Crippen molar-refractivity contribution in [3.05, 3.63) is 64.7 Å². The van der Waals surface area contributed by atoms with Crippen molar-refractivity contribution in [1.29, 1.82) is 0 Å². The summed E-state index contributed by atoms with van der Waals surface area (Å²) >= 11 is 0. The number of aromatic nitrogens is 1. The maximum absolute atomic E-state index is 12.7. The van der Waals surface area contributed by atoms with Crippen LogP contribution in [-0.2, 0) is 16.1 Å². The van der Waals surface area contributed by atoms with Crippen LogP contribution in [0.25, 0.3) is 16.5 Å². The summed E-state index contributed by atoms with van der Waals surface area (Å²) in [5, 5.41) is 13.5.